The van der Waals surface area contributed by atoms with Gasteiger partial charge in [-0.05, 0) is 42.3 Å². The average molecular weight is 267 g/mol. The molecule has 1 aromatic carbocycles. The van der Waals surface area contributed by atoms with Crippen molar-refractivity contribution in [3.05, 3.63) is 66.4 Å². The minimum atomic E-state index is -0.833. The molecule has 0 aliphatic heterocycles. The molecule has 3 rings (SSSR count). The van der Waals surface area contributed by atoms with Crippen molar-refractivity contribution in [2.24, 2.45) is 0 Å². The molecule has 0 saturated carbocycles. The third-order valence-electron chi connectivity index (χ3n) is 2.88. The number of benzene rings is 1. The first-order chi connectivity index (χ1) is 9.58. The highest BCUT2D eigenvalue weighted by Crippen LogP contribution is 2.22. The van der Waals surface area contributed by atoms with E-state index < -0.39 is 5.97 Å². The summed E-state index contributed by atoms with van der Waals surface area (Å²) in [6, 6.07) is 19.1. The molecule has 0 atom stereocenters. The minimum absolute atomic E-state index is 0.833. The first-order valence-corrected chi connectivity index (χ1v) is 6.40. The number of carbonyl (C=O) groups is 1. The molecule has 0 aliphatic rings. The summed E-state index contributed by atoms with van der Waals surface area (Å²) in [5.41, 5.74) is 5.05. The molecular weight excluding hydrogens is 250 g/mol. The largest absolute Gasteiger partial charge is 0.481 e. The van der Waals surface area contributed by atoms with Crippen LogP contribution in [0.15, 0.2) is 60.8 Å². The molecule has 0 aliphatic carbocycles. The van der Waals surface area contributed by atoms with E-state index in [-0.39, 0.29) is 0 Å². The fraction of sp³-hybridized carbons (Fsp3) is 0.118. The van der Waals surface area contributed by atoms with Gasteiger partial charge in [-0.15, -0.1) is 0 Å². The van der Waals surface area contributed by atoms with Crippen molar-refractivity contribution in [1.29, 1.82) is 0 Å². The molecule has 2 aromatic heterocycles. The number of aromatic nitrogens is 1. The summed E-state index contributed by atoms with van der Waals surface area (Å²) < 4.78 is 2.22. The second kappa shape index (κ2) is 6.06. The van der Waals surface area contributed by atoms with Crippen LogP contribution in [0.25, 0.3) is 16.8 Å². The zero-order chi connectivity index (χ0) is 14.5. The summed E-state index contributed by atoms with van der Waals surface area (Å²) in [4.78, 5) is 9.00. The molecule has 3 heteroatoms. The number of nitrogens with zero attached hydrogens (tertiary/aromatic N) is 1. The topological polar surface area (TPSA) is 41.7 Å². The van der Waals surface area contributed by atoms with Crippen LogP contribution in [0.1, 0.15) is 12.5 Å². The van der Waals surface area contributed by atoms with Gasteiger partial charge in [0.05, 0.1) is 5.69 Å². The highest BCUT2D eigenvalue weighted by atomic mass is 16.4. The summed E-state index contributed by atoms with van der Waals surface area (Å²) in [6.07, 6.45) is 2.13. The fourth-order valence-corrected chi connectivity index (χ4v) is 2.07. The van der Waals surface area contributed by atoms with Gasteiger partial charge in [0, 0.05) is 18.6 Å². The molecule has 0 fully saturated rings. The number of aliphatic carboxylic acids is 1. The van der Waals surface area contributed by atoms with E-state index in [1.807, 2.05) is 6.07 Å². The van der Waals surface area contributed by atoms with Gasteiger partial charge in [0.2, 0.25) is 0 Å². The molecule has 3 nitrogen and oxygen atoms in total. The lowest BCUT2D eigenvalue weighted by molar-refractivity contribution is -0.134. The van der Waals surface area contributed by atoms with Crippen LogP contribution in [0, 0.1) is 6.92 Å². The fourth-order valence-electron chi connectivity index (χ4n) is 2.07. The van der Waals surface area contributed by atoms with E-state index in [9.17, 15) is 0 Å². The van der Waals surface area contributed by atoms with Gasteiger partial charge in [0.25, 0.3) is 5.97 Å². The summed E-state index contributed by atoms with van der Waals surface area (Å²) in [7, 11) is 0. The Balaban J connectivity index is 0.000000328. The van der Waals surface area contributed by atoms with E-state index in [0.29, 0.717) is 0 Å². The van der Waals surface area contributed by atoms with Crippen molar-refractivity contribution >= 4 is 11.5 Å². The van der Waals surface area contributed by atoms with Crippen molar-refractivity contribution in [3.8, 4) is 11.3 Å². The number of carboxylic acid groups (broad SMARTS) is 1. The van der Waals surface area contributed by atoms with Crippen LogP contribution >= 0.6 is 0 Å². The molecule has 0 saturated heterocycles. The zero-order valence-corrected chi connectivity index (χ0v) is 11.6. The Labute approximate surface area is 118 Å². The van der Waals surface area contributed by atoms with E-state index in [1.165, 1.54) is 22.3 Å². The highest BCUT2D eigenvalue weighted by molar-refractivity contribution is 5.67. The number of pyridine rings is 1. The lowest BCUT2D eigenvalue weighted by atomic mass is 10.1. The van der Waals surface area contributed by atoms with Crippen molar-refractivity contribution < 1.29 is 9.90 Å². The monoisotopic (exact) mass is 267 g/mol. The third kappa shape index (κ3) is 3.26. The summed E-state index contributed by atoms with van der Waals surface area (Å²) >= 11 is 0. The maximum absolute atomic E-state index is 9.00. The van der Waals surface area contributed by atoms with Crippen molar-refractivity contribution in [3.63, 3.8) is 0 Å². The average Bonchev–Trinajstić information content (AvgIpc) is 2.82. The molecule has 0 spiro atoms. The molecule has 0 bridgehead atoms. The van der Waals surface area contributed by atoms with Gasteiger partial charge in [0.1, 0.15) is 0 Å². The van der Waals surface area contributed by atoms with Gasteiger partial charge in [-0.2, -0.15) is 0 Å². The second-order valence-corrected chi connectivity index (χ2v) is 4.60. The quantitative estimate of drug-likeness (QED) is 0.724. The van der Waals surface area contributed by atoms with Gasteiger partial charge < -0.3 is 9.51 Å². The first-order valence-electron chi connectivity index (χ1n) is 6.40. The van der Waals surface area contributed by atoms with Crippen molar-refractivity contribution in [1.82, 2.24) is 4.40 Å². The molecule has 3 aromatic rings. The molecule has 102 valence electrons. The smallest absolute Gasteiger partial charge is 0.300 e. The van der Waals surface area contributed by atoms with Gasteiger partial charge in [-0.1, -0.05) is 30.3 Å². The Morgan fingerprint density at radius 1 is 1.05 bits per heavy atom. The highest BCUT2D eigenvalue weighted by Gasteiger charge is 2.02. The molecule has 0 radical (unpaired) electrons. The van der Waals surface area contributed by atoms with Crippen LogP contribution in [0.5, 0.6) is 0 Å². The molecule has 20 heavy (non-hydrogen) atoms. The lowest BCUT2D eigenvalue weighted by Crippen LogP contribution is -1.87. The Bertz CT molecular complexity index is 710. The van der Waals surface area contributed by atoms with Crippen LogP contribution in [0.3, 0.4) is 0 Å². The van der Waals surface area contributed by atoms with Crippen molar-refractivity contribution in [2.45, 2.75) is 13.8 Å². The van der Waals surface area contributed by atoms with Crippen LogP contribution < -0.4 is 0 Å². The Hall–Kier alpha value is -2.55. The Morgan fingerprint density at radius 3 is 2.35 bits per heavy atom. The molecule has 0 amide bonds. The summed E-state index contributed by atoms with van der Waals surface area (Å²) in [5.74, 6) is -0.833. The van der Waals surface area contributed by atoms with Crippen LogP contribution in [0.2, 0.25) is 0 Å². The minimum Gasteiger partial charge on any atom is -0.481 e. The molecule has 0 unspecified atom stereocenters. The van der Waals surface area contributed by atoms with Crippen molar-refractivity contribution in [2.75, 3.05) is 0 Å². The number of aryl methyl sites for hydroxylation is 1. The van der Waals surface area contributed by atoms with Crippen LogP contribution in [-0.2, 0) is 4.79 Å². The van der Waals surface area contributed by atoms with Crippen LogP contribution in [-0.4, -0.2) is 15.5 Å². The zero-order valence-electron chi connectivity index (χ0n) is 11.6. The maximum atomic E-state index is 9.00. The predicted octanol–water partition coefficient (Wildman–Crippen LogP) is 4.01. The number of hydrogen-bond donors (Lipinski definition) is 1. The van der Waals surface area contributed by atoms with Gasteiger partial charge in [-0.25, -0.2) is 0 Å². The predicted molar refractivity (Wildman–Crippen MR) is 80.9 cm³/mol. The number of rotatable bonds is 1. The normalized spacial score (nSPS) is 9.90. The van der Waals surface area contributed by atoms with Gasteiger partial charge in [-0.3, -0.25) is 4.79 Å². The molecular formula is C17H17NO2. The van der Waals surface area contributed by atoms with E-state index in [2.05, 4.69) is 66.1 Å². The number of carboxylic acids is 1. The number of fused-ring (bicyclic) bond motifs is 1. The SMILES string of the molecule is CC(=O)O.Cc1ccn2c(-c3ccccc3)ccc2c1. The Kier molecular flexibility index (Phi) is 4.20. The van der Waals surface area contributed by atoms with Gasteiger partial charge >= 0.3 is 0 Å². The summed E-state index contributed by atoms with van der Waals surface area (Å²) in [5, 5.41) is 7.42. The van der Waals surface area contributed by atoms with E-state index in [1.54, 1.807) is 0 Å². The van der Waals surface area contributed by atoms with E-state index in [4.69, 9.17) is 9.90 Å². The van der Waals surface area contributed by atoms with E-state index in [0.717, 1.165) is 6.92 Å². The maximum Gasteiger partial charge on any atom is 0.300 e. The van der Waals surface area contributed by atoms with Gasteiger partial charge in [0.15, 0.2) is 0 Å². The van der Waals surface area contributed by atoms with Crippen LogP contribution in [0.4, 0.5) is 0 Å². The summed E-state index contributed by atoms with van der Waals surface area (Å²) in [6.45, 7) is 3.20. The first kappa shape index (κ1) is 13.9. The lowest BCUT2D eigenvalue weighted by Gasteiger charge is -2.03. The molecule has 2 heterocycles. The third-order valence-corrected chi connectivity index (χ3v) is 2.88. The van der Waals surface area contributed by atoms with E-state index >= 15 is 0 Å². The molecule has 1 N–H and O–H groups in total. The standard InChI is InChI=1S/C15H13N.C2H4O2/c1-12-9-10-16-14(11-12)7-8-15(16)13-5-3-2-4-6-13;1-2(3)4/h2-11H,1H3;1H3,(H,3,4). The Morgan fingerprint density at radius 2 is 1.70 bits per heavy atom. The second-order valence-electron chi connectivity index (χ2n) is 4.60. The number of hydrogen-bond acceptors (Lipinski definition) is 1.